The molecule has 0 radical (unpaired) electrons. The molecule has 0 spiro atoms. The Morgan fingerprint density at radius 3 is 2.87 bits per heavy atom. The molecule has 0 bridgehead atoms. The van der Waals surface area contributed by atoms with Gasteiger partial charge in [0.05, 0.1) is 11.4 Å². The summed E-state index contributed by atoms with van der Waals surface area (Å²) >= 11 is 0. The minimum absolute atomic E-state index is 0.362. The summed E-state index contributed by atoms with van der Waals surface area (Å²) in [5.74, 6) is 0.362. The second-order valence-electron chi connectivity index (χ2n) is 3.23. The van der Waals surface area contributed by atoms with Crippen LogP contribution in [-0.2, 0) is 6.54 Å². The highest BCUT2D eigenvalue weighted by atomic mass is 15.3. The van der Waals surface area contributed by atoms with Crippen molar-refractivity contribution in [3.63, 3.8) is 0 Å². The summed E-state index contributed by atoms with van der Waals surface area (Å²) in [5.41, 5.74) is 13.7. The highest BCUT2D eigenvalue weighted by molar-refractivity contribution is 5.69. The van der Waals surface area contributed by atoms with Crippen LogP contribution in [0, 0.1) is 0 Å². The Morgan fingerprint density at radius 1 is 1.40 bits per heavy atom. The number of hydrogen-bond acceptors (Lipinski definition) is 4. The zero-order valence-electron chi connectivity index (χ0n) is 8.51. The first-order chi connectivity index (χ1) is 7.22. The van der Waals surface area contributed by atoms with E-state index in [9.17, 15) is 0 Å². The lowest BCUT2D eigenvalue weighted by Gasteiger charge is -2.06. The number of rotatable bonds is 2. The number of aromatic nitrogens is 3. The van der Waals surface area contributed by atoms with Crippen molar-refractivity contribution in [2.45, 2.75) is 13.5 Å². The van der Waals surface area contributed by atoms with E-state index in [1.54, 1.807) is 12.4 Å². The summed E-state index contributed by atoms with van der Waals surface area (Å²) in [7, 11) is 0. The van der Waals surface area contributed by atoms with Crippen LogP contribution in [0.1, 0.15) is 6.92 Å². The van der Waals surface area contributed by atoms with Crippen LogP contribution in [0.4, 0.5) is 11.5 Å². The molecular formula is C10H13N5. The fourth-order valence-electron chi connectivity index (χ4n) is 1.46. The number of nitrogens with zero attached hydrogens (tertiary/aromatic N) is 3. The van der Waals surface area contributed by atoms with Gasteiger partial charge in [-0.1, -0.05) is 0 Å². The molecule has 4 N–H and O–H groups in total. The highest BCUT2D eigenvalue weighted by Gasteiger charge is 2.06. The minimum atomic E-state index is 0.362. The zero-order valence-corrected chi connectivity index (χ0v) is 8.51. The number of aryl methyl sites for hydroxylation is 1. The average Bonchev–Trinajstić information content (AvgIpc) is 2.70. The van der Waals surface area contributed by atoms with E-state index in [1.165, 1.54) is 0 Å². The quantitative estimate of drug-likeness (QED) is 0.766. The smallest absolute Gasteiger partial charge is 0.146 e. The molecule has 2 rings (SSSR count). The molecule has 0 amide bonds. The molecule has 0 saturated carbocycles. The second kappa shape index (κ2) is 3.61. The molecule has 15 heavy (non-hydrogen) atoms. The molecule has 0 aliphatic rings. The minimum Gasteiger partial charge on any atom is -0.396 e. The predicted molar refractivity (Wildman–Crippen MR) is 60.0 cm³/mol. The fourth-order valence-corrected chi connectivity index (χ4v) is 1.46. The molecule has 2 aromatic rings. The molecule has 0 aliphatic heterocycles. The van der Waals surface area contributed by atoms with E-state index in [4.69, 9.17) is 11.5 Å². The maximum atomic E-state index is 5.70. The number of pyridine rings is 1. The largest absolute Gasteiger partial charge is 0.396 e. The predicted octanol–water partition coefficient (Wildman–Crippen LogP) is 1.13. The standard InChI is InChI=1S/C10H13N5/c1-2-15-9(3-4-14-15)7-5-8(11)10(12)13-6-7/h3-6H,2,11H2,1H3,(H2,12,13). The van der Waals surface area contributed by atoms with Gasteiger partial charge in [-0.2, -0.15) is 5.10 Å². The van der Waals surface area contributed by atoms with Gasteiger partial charge < -0.3 is 11.5 Å². The first kappa shape index (κ1) is 9.51. The summed E-state index contributed by atoms with van der Waals surface area (Å²) in [6.07, 6.45) is 3.46. The molecule has 0 fully saturated rings. The number of hydrogen-bond donors (Lipinski definition) is 2. The van der Waals surface area contributed by atoms with Crippen molar-refractivity contribution >= 4 is 11.5 Å². The van der Waals surface area contributed by atoms with Crippen LogP contribution in [0.2, 0.25) is 0 Å². The van der Waals surface area contributed by atoms with E-state index in [2.05, 4.69) is 10.1 Å². The normalized spacial score (nSPS) is 10.5. The molecule has 0 aromatic carbocycles. The van der Waals surface area contributed by atoms with Gasteiger partial charge in [0, 0.05) is 24.5 Å². The van der Waals surface area contributed by atoms with Crippen LogP contribution in [0.3, 0.4) is 0 Å². The molecule has 0 atom stereocenters. The maximum Gasteiger partial charge on any atom is 0.146 e. The Bertz CT molecular complexity index is 474. The second-order valence-corrected chi connectivity index (χ2v) is 3.23. The molecule has 2 heterocycles. The van der Waals surface area contributed by atoms with E-state index >= 15 is 0 Å². The average molecular weight is 203 g/mol. The number of nitrogens with two attached hydrogens (primary N) is 2. The molecular weight excluding hydrogens is 190 g/mol. The first-order valence-electron chi connectivity index (χ1n) is 4.75. The van der Waals surface area contributed by atoms with Gasteiger partial charge in [0.15, 0.2) is 0 Å². The highest BCUT2D eigenvalue weighted by Crippen LogP contribution is 2.22. The third kappa shape index (κ3) is 1.63. The zero-order chi connectivity index (χ0) is 10.8. The van der Waals surface area contributed by atoms with Crippen molar-refractivity contribution in [2.75, 3.05) is 11.5 Å². The lowest BCUT2D eigenvalue weighted by atomic mass is 10.2. The Kier molecular flexibility index (Phi) is 2.29. The molecule has 78 valence electrons. The fraction of sp³-hybridized carbons (Fsp3) is 0.200. The molecule has 0 aliphatic carbocycles. The van der Waals surface area contributed by atoms with Crippen molar-refractivity contribution < 1.29 is 0 Å². The van der Waals surface area contributed by atoms with Crippen molar-refractivity contribution in [1.82, 2.24) is 14.8 Å². The third-order valence-corrected chi connectivity index (χ3v) is 2.26. The van der Waals surface area contributed by atoms with Crippen LogP contribution in [0.25, 0.3) is 11.3 Å². The molecule has 0 saturated heterocycles. The lowest BCUT2D eigenvalue weighted by Crippen LogP contribution is -2.01. The molecule has 0 unspecified atom stereocenters. The van der Waals surface area contributed by atoms with Crippen molar-refractivity contribution in [3.8, 4) is 11.3 Å². The monoisotopic (exact) mass is 203 g/mol. The van der Waals surface area contributed by atoms with Gasteiger partial charge >= 0.3 is 0 Å². The lowest BCUT2D eigenvalue weighted by molar-refractivity contribution is 0.667. The van der Waals surface area contributed by atoms with Gasteiger partial charge in [0.2, 0.25) is 0 Å². The third-order valence-electron chi connectivity index (χ3n) is 2.26. The van der Waals surface area contributed by atoms with Gasteiger partial charge in [0.1, 0.15) is 5.82 Å². The SMILES string of the molecule is CCn1nccc1-c1cnc(N)c(N)c1. The molecule has 5 heteroatoms. The van der Waals surface area contributed by atoms with Crippen molar-refractivity contribution in [1.29, 1.82) is 0 Å². The van der Waals surface area contributed by atoms with Gasteiger partial charge in [-0.15, -0.1) is 0 Å². The molecule has 2 aromatic heterocycles. The van der Waals surface area contributed by atoms with E-state index < -0.39 is 0 Å². The van der Waals surface area contributed by atoms with Gasteiger partial charge in [-0.25, -0.2) is 4.98 Å². The van der Waals surface area contributed by atoms with Crippen LogP contribution in [0.5, 0.6) is 0 Å². The maximum absolute atomic E-state index is 5.70. The summed E-state index contributed by atoms with van der Waals surface area (Å²) in [5, 5.41) is 4.18. The molecule has 5 nitrogen and oxygen atoms in total. The van der Waals surface area contributed by atoms with Crippen molar-refractivity contribution in [3.05, 3.63) is 24.5 Å². The van der Waals surface area contributed by atoms with Gasteiger partial charge in [-0.05, 0) is 19.1 Å². The van der Waals surface area contributed by atoms with Crippen LogP contribution >= 0.6 is 0 Å². The Morgan fingerprint density at radius 2 is 2.20 bits per heavy atom. The van der Waals surface area contributed by atoms with Crippen LogP contribution < -0.4 is 11.5 Å². The van der Waals surface area contributed by atoms with Crippen LogP contribution in [-0.4, -0.2) is 14.8 Å². The number of anilines is 2. The van der Waals surface area contributed by atoms with Crippen molar-refractivity contribution in [2.24, 2.45) is 0 Å². The summed E-state index contributed by atoms with van der Waals surface area (Å²) < 4.78 is 1.88. The van der Waals surface area contributed by atoms with Gasteiger partial charge in [0.25, 0.3) is 0 Å². The van der Waals surface area contributed by atoms with E-state index in [0.29, 0.717) is 11.5 Å². The van der Waals surface area contributed by atoms with Gasteiger partial charge in [-0.3, -0.25) is 4.68 Å². The summed E-state index contributed by atoms with van der Waals surface area (Å²) in [6, 6.07) is 3.74. The Labute approximate surface area is 87.7 Å². The van der Waals surface area contributed by atoms with E-state index in [-0.39, 0.29) is 0 Å². The number of nitrogen functional groups attached to an aromatic ring is 2. The van der Waals surface area contributed by atoms with E-state index in [0.717, 1.165) is 17.8 Å². The van der Waals surface area contributed by atoms with E-state index in [1.807, 2.05) is 23.7 Å². The van der Waals surface area contributed by atoms with Crippen LogP contribution in [0.15, 0.2) is 24.5 Å². The topological polar surface area (TPSA) is 82.8 Å². The Hall–Kier alpha value is -2.04. The Balaban J connectivity index is 2.50. The summed E-state index contributed by atoms with van der Waals surface area (Å²) in [6.45, 7) is 2.84. The first-order valence-corrected chi connectivity index (χ1v) is 4.75. The summed E-state index contributed by atoms with van der Waals surface area (Å²) in [4.78, 5) is 4.02.